The number of urea groups is 1. The number of rotatable bonds is 4. The lowest BCUT2D eigenvalue weighted by atomic mass is 9.85. The third-order valence-corrected chi connectivity index (χ3v) is 5.23. The van der Waals surface area contributed by atoms with Gasteiger partial charge in [-0.25, -0.2) is 9.59 Å². The summed E-state index contributed by atoms with van der Waals surface area (Å²) in [5, 5.41) is 12.2. The first-order valence-electron chi connectivity index (χ1n) is 7.86. The van der Waals surface area contributed by atoms with Crippen molar-refractivity contribution in [3.05, 3.63) is 0 Å². The Hall–Kier alpha value is -1.26. The molecule has 5 nitrogen and oxygen atoms in total. The zero-order valence-electron chi connectivity index (χ0n) is 12.5. The molecule has 0 bridgehead atoms. The van der Waals surface area contributed by atoms with Crippen LogP contribution in [0.2, 0.25) is 0 Å². The van der Waals surface area contributed by atoms with Gasteiger partial charge in [-0.3, -0.25) is 0 Å². The van der Waals surface area contributed by atoms with Gasteiger partial charge in [-0.15, -0.1) is 0 Å². The molecular weight excluding hydrogens is 256 g/mol. The maximum atomic E-state index is 12.5. The standard InChI is InChI=1S/C15H26N2O3/c1-3-15(4-2,13(18)19)16-14(20)17-10-9-11-7-5-6-8-12(11)17/h11-12H,3-10H2,1-2H3,(H,16,20)(H,18,19). The highest BCUT2D eigenvalue weighted by Gasteiger charge is 2.42. The Kier molecular flexibility index (Phi) is 4.55. The Labute approximate surface area is 120 Å². The normalized spacial score (nSPS) is 26.2. The van der Waals surface area contributed by atoms with Crippen LogP contribution in [0, 0.1) is 5.92 Å². The first-order valence-corrected chi connectivity index (χ1v) is 7.86. The number of likely N-dealkylation sites (tertiary alicyclic amines) is 1. The lowest BCUT2D eigenvalue weighted by molar-refractivity contribution is -0.144. The summed E-state index contributed by atoms with van der Waals surface area (Å²) in [6.07, 6.45) is 6.60. The molecule has 1 aliphatic heterocycles. The summed E-state index contributed by atoms with van der Waals surface area (Å²) in [5.74, 6) is -0.313. The highest BCUT2D eigenvalue weighted by Crippen LogP contribution is 2.36. The first kappa shape index (κ1) is 15.1. The monoisotopic (exact) mass is 282 g/mol. The van der Waals surface area contributed by atoms with Gasteiger partial charge in [-0.2, -0.15) is 0 Å². The second-order valence-electron chi connectivity index (χ2n) is 6.12. The van der Waals surface area contributed by atoms with Crippen molar-refractivity contribution in [1.29, 1.82) is 0 Å². The van der Waals surface area contributed by atoms with E-state index in [-0.39, 0.29) is 6.03 Å². The molecule has 0 radical (unpaired) electrons. The number of carbonyl (C=O) groups is 2. The molecule has 2 unspecified atom stereocenters. The fourth-order valence-electron chi connectivity index (χ4n) is 3.72. The number of nitrogens with one attached hydrogen (secondary N) is 1. The quantitative estimate of drug-likeness (QED) is 0.832. The fourth-order valence-corrected chi connectivity index (χ4v) is 3.72. The van der Waals surface area contributed by atoms with E-state index in [9.17, 15) is 14.7 Å². The molecular formula is C15H26N2O3. The van der Waals surface area contributed by atoms with Crippen LogP contribution in [0.4, 0.5) is 4.79 Å². The van der Waals surface area contributed by atoms with Crippen LogP contribution >= 0.6 is 0 Å². The molecule has 0 aromatic carbocycles. The van der Waals surface area contributed by atoms with E-state index in [4.69, 9.17) is 0 Å². The van der Waals surface area contributed by atoms with Gasteiger partial charge < -0.3 is 15.3 Å². The van der Waals surface area contributed by atoms with Crippen LogP contribution in [-0.4, -0.2) is 40.1 Å². The van der Waals surface area contributed by atoms with Crippen molar-refractivity contribution < 1.29 is 14.7 Å². The molecule has 20 heavy (non-hydrogen) atoms. The highest BCUT2D eigenvalue weighted by molar-refractivity contribution is 5.86. The van der Waals surface area contributed by atoms with Crippen molar-refractivity contribution in [1.82, 2.24) is 10.2 Å². The topological polar surface area (TPSA) is 69.6 Å². The molecule has 2 rings (SSSR count). The van der Waals surface area contributed by atoms with Gasteiger partial charge in [-0.1, -0.05) is 26.7 Å². The van der Waals surface area contributed by atoms with Crippen LogP contribution in [0.1, 0.15) is 58.8 Å². The minimum absolute atomic E-state index is 0.189. The van der Waals surface area contributed by atoms with Crippen molar-refractivity contribution in [2.75, 3.05) is 6.54 Å². The van der Waals surface area contributed by atoms with E-state index < -0.39 is 11.5 Å². The average molecular weight is 282 g/mol. The van der Waals surface area contributed by atoms with Gasteiger partial charge in [0.05, 0.1) is 0 Å². The van der Waals surface area contributed by atoms with Gasteiger partial charge in [0.2, 0.25) is 0 Å². The first-order chi connectivity index (χ1) is 9.54. The Morgan fingerprint density at radius 1 is 1.20 bits per heavy atom. The Balaban J connectivity index is 2.06. The van der Waals surface area contributed by atoms with Crippen LogP contribution < -0.4 is 5.32 Å². The van der Waals surface area contributed by atoms with Crippen LogP contribution in [0.3, 0.4) is 0 Å². The SMILES string of the molecule is CCC(CC)(NC(=O)N1CCC2CCCCC21)C(=O)O. The predicted molar refractivity (Wildman–Crippen MR) is 76.5 cm³/mol. The molecule has 0 spiro atoms. The van der Waals surface area contributed by atoms with Crippen molar-refractivity contribution in [2.24, 2.45) is 5.92 Å². The number of carbonyl (C=O) groups excluding carboxylic acids is 1. The van der Waals surface area contributed by atoms with Crippen LogP contribution in [0.15, 0.2) is 0 Å². The van der Waals surface area contributed by atoms with Gasteiger partial charge in [0.25, 0.3) is 0 Å². The van der Waals surface area contributed by atoms with E-state index in [1.165, 1.54) is 19.3 Å². The number of fused-ring (bicyclic) bond motifs is 1. The van der Waals surface area contributed by atoms with Gasteiger partial charge in [0.1, 0.15) is 5.54 Å². The summed E-state index contributed by atoms with van der Waals surface area (Å²) in [6, 6.07) is 0.134. The van der Waals surface area contributed by atoms with E-state index in [2.05, 4.69) is 5.32 Å². The lowest BCUT2D eigenvalue weighted by Crippen LogP contribution is -2.58. The highest BCUT2D eigenvalue weighted by atomic mass is 16.4. The van der Waals surface area contributed by atoms with E-state index in [1.807, 2.05) is 18.7 Å². The summed E-state index contributed by atoms with van der Waals surface area (Å²) in [7, 11) is 0. The fraction of sp³-hybridized carbons (Fsp3) is 0.867. The van der Waals surface area contributed by atoms with Gasteiger partial charge >= 0.3 is 12.0 Å². The molecule has 1 saturated carbocycles. The predicted octanol–water partition coefficient (Wildman–Crippen LogP) is 2.60. The maximum absolute atomic E-state index is 12.5. The van der Waals surface area contributed by atoms with Crippen LogP contribution in [-0.2, 0) is 4.79 Å². The minimum Gasteiger partial charge on any atom is -0.480 e. The van der Waals surface area contributed by atoms with Crippen molar-refractivity contribution in [2.45, 2.75) is 70.4 Å². The molecule has 2 fully saturated rings. The maximum Gasteiger partial charge on any atom is 0.329 e. The molecule has 1 saturated heterocycles. The Morgan fingerprint density at radius 3 is 2.45 bits per heavy atom. The molecule has 0 aromatic heterocycles. The number of carboxylic acids is 1. The molecule has 1 heterocycles. The number of amides is 2. The van der Waals surface area contributed by atoms with Crippen LogP contribution in [0.5, 0.6) is 0 Å². The lowest BCUT2D eigenvalue weighted by Gasteiger charge is -2.35. The number of hydrogen-bond acceptors (Lipinski definition) is 2. The largest absolute Gasteiger partial charge is 0.480 e. The van der Waals surface area contributed by atoms with Crippen LogP contribution in [0.25, 0.3) is 0 Å². The van der Waals surface area contributed by atoms with Gasteiger partial charge in [0.15, 0.2) is 0 Å². The zero-order chi connectivity index (χ0) is 14.8. The van der Waals surface area contributed by atoms with Gasteiger partial charge in [-0.05, 0) is 38.0 Å². The number of carboxylic acid groups (broad SMARTS) is 1. The van der Waals surface area contributed by atoms with Crippen molar-refractivity contribution in [3.63, 3.8) is 0 Å². The van der Waals surface area contributed by atoms with E-state index in [0.717, 1.165) is 19.4 Å². The summed E-state index contributed by atoms with van der Waals surface area (Å²) < 4.78 is 0. The minimum atomic E-state index is -1.12. The smallest absolute Gasteiger partial charge is 0.329 e. The number of hydrogen-bond donors (Lipinski definition) is 2. The number of aliphatic carboxylic acids is 1. The molecule has 2 aliphatic rings. The second kappa shape index (κ2) is 6.02. The summed E-state index contributed by atoms with van der Waals surface area (Å²) >= 11 is 0. The molecule has 0 aromatic rings. The van der Waals surface area contributed by atoms with Crippen molar-refractivity contribution in [3.8, 4) is 0 Å². The van der Waals surface area contributed by atoms with E-state index in [1.54, 1.807) is 0 Å². The van der Waals surface area contributed by atoms with E-state index in [0.29, 0.717) is 24.8 Å². The Bertz CT molecular complexity index is 379. The number of nitrogens with zero attached hydrogens (tertiary/aromatic N) is 1. The third kappa shape index (κ3) is 2.63. The summed E-state index contributed by atoms with van der Waals surface area (Å²) in [6.45, 7) is 4.39. The molecule has 1 aliphatic carbocycles. The second-order valence-corrected chi connectivity index (χ2v) is 6.12. The summed E-state index contributed by atoms with van der Waals surface area (Å²) in [4.78, 5) is 25.9. The molecule has 2 N–H and O–H groups in total. The van der Waals surface area contributed by atoms with Gasteiger partial charge in [0, 0.05) is 12.6 Å². The Morgan fingerprint density at radius 2 is 1.85 bits per heavy atom. The third-order valence-electron chi connectivity index (χ3n) is 5.23. The molecule has 2 atom stereocenters. The average Bonchev–Trinajstić information content (AvgIpc) is 2.88. The van der Waals surface area contributed by atoms with E-state index >= 15 is 0 Å². The molecule has 5 heteroatoms. The summed E-state index contributed by atoms with van der Waals surface area (Å²) in [5.41, 5.74) is -1.12. The zero-order valence-corrected chi connectivity index (χ0v) is 12.5. The molecule has 2 amide bonds. The molecule has 114 valence electrons. The van der Waals surface area contributed by atoms with Crippen molar-refractivity contribution >= 4 is 12.0 Å².